The maximum absolute atomic E-state index is 6.27. The van der Waals surface area contributed by atoms with Crippen molar-refractivity contribution in [2.45, 2.75) is 31.5 Å². The first-order valence-electron chi connectivity index (χ1n) is 9.12. The average molecular weight is 366 g/mol. The molecule has 0 unspecified atom stereocenters. The van der Waals surface area contributed by atoms with Crippen molar-refractivity contribution in [1.82, 2.24) is 14.8 Å². The molecule has 1 aromatic carbocycles. The lowest BCUT2D eigenvalue weighted by atomic mass is 9.84. The average Bonchev–Trinajstić information content (AvgIpc) is 3.39. The summed E-state index contributed by atoms with van der Waals surface area (Å²) in [6.07, 6.45) is 2.83. The van der Waals surface area contributed by atoms with E-state index >= 15 is 0 Å². The number of thiophene rings is 1. The Bertz CT molecular complexity index is 910. The highest BCUT2D eigenvalue weighted by Gasteiger charge is 2.43. The Morgan fingerprint density at radius 1 is 1.15 bits per heavy atom. The minimum absolute atomic E-state index is 0.106. The number of benzene rings is 1. The molecule has 0 saturated carbocycles. The molecule has 2 aromatic heterocycles. The van der Waals surface area contributed by atoms with Gasteiger partial charge in [0.2, 0.25) is 5.95 Å². The Balaban J connectivity index is 1.33. The quantitative estimate of drug-likeness (QED) is 0.712. The fourth-order valence-electron chi connectivity index (χ4n) is 4.22. The molecule has 4 heterocycles. The largest absolute Gasteiger partial charge is 0.365 e. The van der Waals surface area contributed by atoms with Crippen LogP contribution in [0.25, 0.3) is 0 Å². The summed E-state index contributed by atoms with van der Waals surface area (Å²) in [6.45, 7) is 2.63. The first-order chi connectivity index (χ1) is 12.8. The molecule has 6 heteroatoms. The van der Waals surface area contributed by atoms with Crippen molar-refractivity contribution in [3.8, 4) is 0 Å². The van der Waals surface area contributed by atoms with Crippen molar-refractivity contribution in [1.29, 1.82) is 0 Å². The molecule has 1 fully saturated rings. The van der Waals surface area contributed by atoms with E-state index < -0.39 is 0 Å². The molecule has 0 N–H and O–H groups in total. The van der Waals surface area contributed by atoms with Crippen LogP contribution in [0.2, 0.25) is 0 Å². The summed E-state index contributed by atoms with van der Waals surface area (Å²) in [6, 6.07) is 10.8. The number of aromatic nitrogens is 3. The molecule has 3 aromatic rings. The van der Waals surface area contributed by atoms with E-state index in [2.05, 4.69) is 67.8 Å². The summed E-state index contributed by atoms with van der Waals surface area (Å²) in [5, 5.41) is 13.2. The molecule has 0 radical (unpaired) electrons. The van der Waals surface area contributed by atoms with Crippen LogP contribution in [-0.4, -0.2) is 27.9 Å². The summed E-state index contributed by atoms with van der Waals surface area (Å²) >= 11 is 1.72. The van der Waals surface area contributed by atoms with Crippen LogP contribution in [0.1, 0.15) is 35.4 Å². The highest BCUT2D eigenvalue weighted by Crippen LogP contribution is 2.44. The predicted octanol–water partition coefficient (Wildman–Crippen LogP) is 3.49. The topological polar surface area (TPSA) is 43.2 Å². The lowest BCUT2D eigenvalue weighted by Gasteiger charge is -2.39. The maximum Gasteiger partial charge on any atom is 0.226 e. The summed E-state index contributed by atoms with van der Waals surface area (Å²) in [4.78, 5) is 2.35. The molecule has 5 rings (SSSR count). The summed E-state index contributed by atoms with van der Waals surface area (Å²) < 4.78 is 8.41. The minimum atomic E-state index is -0.106. The highest BCUT2D eigenvalue weighted by atomic mass is 32.1. The molecule has 0 amide bonds. The number of rotatable bonds is 3. The number of piperidine rings is 1. The van der Waals surface area contributed by atoms with E-state index in [1.165, 1.54) is 16.7 Å². The third-order valence-corrected chi connectivity index (χ3v) is 6.48. The fraction of sp³-hybridized carbons (Fsp3) is 0.400. The van der Waals surface area contributed by atoms with Crippen LogP contribution in [-0.2, 0) is 30.4 Å². The van der Waals surface area contributed by atoms with E-state index in [-0.39, 0.29) is 5.60 Å². The second kappa shape index (κ2) is 6.21. The molecule has 2 aliphatic heterocycles. The van der Waals surface area contributed by atoms with Gasteiger partial charge in [-0.1, -0.05) is 24.3 Å². The zero-order chi connectivity index (χ0) is 17.6. The van der Waals surface area contributed by atoms with Gasteiger partial charge in [-0.2, -0.15) is 11.3 Å². The maximum atomic E-state index is 6.27. The van der Waals surface area contributed by atoms with Gasteiger partial charge in [0.15, 0.2) is 0 Å². The minimum Gasteiger partial charge on any atom is -0.365 e. The Kier molecular flexibility index (Phi) is 3.83. The lowest BCUT2D eigenvalue weighted by molar-refractivity contribution is -0.0553. The van der Waals surface area contributed by atoms with Gasteiger partial charge in [0.25, 0.3) is 0 Å². The van der Waals surface area contributed by atoms with Gasteiger partial charge in [-0.25, -0.2) is 0 Å². The van der Waals surface area contributed by atoms with Gasteiger partial charge in [-0.05, 0) is 46.4 Å². The Hall–Kier alpha value is -2.18. The SMILES string of the molecule is Cn1c(Cc2ccsc2)nnc1N1CCC2(CC1)OCc1ccccc12. The van der Waals surface area contributed by atoms with Gasteiger partial charge in [0.1, 0.15) is 5.82 Å². The van der Waals surface area contributed by atoms with Gasteiger partial charge in [-0.3, -0.25) is 0 Å². The van der Waals surface area contributed by atoms with Crippen LogP contribution < -0.4 is 4.90 Å². The number of nitrogens with zero attached hydrogens (tertiary/aromatic N) is 4. The first kappa shape index (κ1) is 16.0. The molecule has 0 aliphatic carbocycles. The molecule has 1 saturated heterocycles. The predicted molar refractivity (Wildman–Crippen MR) is 102 cm³/mol. The van der Waals surface area contributed by atoms with Crippen molar-refractivity contribution >= 4 is 17.3 Å². The number of fused-ring (bicyclic) bond motifs is 2. The van der Waals surface area contributed by atoms with Gasteiger partial charge in [0, 0.05) is 26.6 Å². The highest BCUT2D eigenvalue weighted by molar-refractivity contribution is 7.07. The van der Waals surface area contributed by atoms with Gasteiger partial charge >= 0.3 is 0 Å². The third kappa shape index (κ3) is 2.56. The van der Waals surface area contributed by atoms with Crippen LogP contribution in [0.5, 0.6) is 0 Å². The molecule has 134 valence electrons. The van der Waals surface area contributed by atoms with Crippen molar-refractivity contribution < 1.29 is 4.74 Å². The van der Waals surface area contributed by atoms with Crippen LogP contribution >= 0.6 is 11.3 Å². The number of ether oxygens (including phenoxy) is 1. The van der Waals surface area contributed by atoms with Crippen LogP contribution in [0.3, 0.4) is 0 Å². The standard InChI is InChI=1S/C20H22N4OS/c1-23-18(12-15-6-11-26-14-15)21-22-19(23)24-9-7-20(8-10-24)17-5-3-2-4-16(17)13-25-20/h2-6,11,14H,7-10,12-13H2,1H3. The van der Waals surface area contributed by atoms with E-state index in [0.29, 0.717) is 0 Å². The summed E-state index contributed by atoms with van der Waals surface area (Å²) in [5.74, 6) is 1.98. The Labute approximate surface area is 157 Å². The molecule has 5 nitrogen and oxygen atoms in total. The van der Waals surface area contributed by atoms with E-state index in [4.69, 9.17) is 4.74 Å². The van der Waals surface area contributed by atoms with Gasteiger partial charge in [-0.15, -0.1) is 10.2 Å². The molecule has 0 atom stereocenters. The smallest absolute Gasteiger partial charge is 0.226 e. The fourth-order valence-corrected chi connectivity index (χ4v) is 4.89. The summed E-state index contributed by atoms with van der Waals surface area (Å²) in [7, 11) is 2.07. The molecular formula is C20H22N4OS. The van der Waals surface area contributed by atoms with Crippen LogP contribution in [0.15, 0.2) is 41.1 Å². The normalized spacial score (nSPS) is 18.4. The third-order valence-electron chi connectivity index (χ3n) is 5.75. The van der Waals surface area contributed by atoms with Crippen LogP contribution in [0, 0.1) is 0 Å². The van der Waals surface area contributed by atoms with Crippen LogP contribution in [0.4, 0.5) is 5.95 Å². The first-order valence-corrected chi connectivity index (χ1v) is 10.1. The van der Waals surface area contributed by atoms with Gasteiger partial charge < -0.3 is 14.2 Å². The summed E-state index contributed by atoms with van der Waals surface area (Å²) in [5.41, 5.74) is 3.92. The van der Waals surface area contributed by atoms with E-state index in [1.807, 2.05) is 0 Å². The van der Waals surface area contributed by atoms with Gasteiger partial charge in [0.05, 0.1) is 12.2 Å². The zero-order valence-electron chi connectivity index (χ0n) is 14.9. The Morgan fingerprint density at radius 3 is 2.81 bits per heavy atom. The van der Waals surface area contributed by atoms with E-state index in [1.54, 1.807) is 11.3 Å². The van der Waals surface area contributed by atoms with E-state index in [0.717, 1.165) is 50.7 Å². The molecular weight excluding hydrogens is 344 g/mol. The Morgan fingerprint density at radius 2 is 2.00 bits per heavy atom. The van der Waals surface area contributed by atoms with Crippen molar-refractivity contribution in [3.63, 3.8) is 0 Å². The van der Waals surface area contributed by atoms with Crippen molar-refractivity contribution in [2.24, 2.45) is 7.05 Å². The van der Waals surface area contributed by atoms with Crippen molar-refractivity contribution in [2.75, 3.05) is 18.0 Å². The molecule has 1 spiro atoms. The number of anilines is 1. The number of hydrogen-bond acceptors (Lipinski definition) is 5. The zero-order valence-corrected chi connectivity index (χ0v) is 15.7. The lowest BCUT2D eigenvalue weighted by Crippen LogP contribution is -2.43. The molecule has 2 aliphatic rings. The molecule has 0 bridgehead atoms. The second-order valence-electron chi connectivity index (χ2n) is 7.21. The number of hydrogen-bond donors (Lipinski definition) is 0. The molecule has 26 heavy (non-hydrogen) atoms. The van der Waals surface area contributed by atoms with Crippen molar-refractivity contribution in [3.05, 3.63) is 63.6 Å². The monoisotopic (exact) mass is 366 g/mol. The second-order valence-corrected chi connectivity index (χ2v) is 7.99. The van der Waals surface area contributed by atoms with E-state index in [9.17, 15) is 0 Å².